The number of hydrogen-bond acceptors (Lipinski definition) is 4. The number of amides is 1. The van der Waals surface area contributed by atoms with Crippen LogP contribution in [0, 0.1) is 5.92 Å². The smallest absolute Gasteiger partial charge is 0.243 e. The molecule has 0 saturated carbocycles. The van der Waals surface area contributed by atoms with Crippen molar-refractivity contribution in [3.05, 3.63) is 20.8 Å². The Balaban J connectivity index is 0.00000312. The Morgan fingerprint density at radius 3 is 2.76 bits per heavy atom. The molecule has 1 aliphatic heterocycles. The summed E-state index contributed by atoms with van der Waals surface area (Å²) in [5.41, 5.74) is 0. The number of halogens is 2. The van der Waals surface area contributed by atoms with Gasteiger partial charge in [-0.2, -0.15) is 0 Å². The monoisotopic (exact) mass is 544 g/mol. The summed E-state index contributed by atoms with van der Waals surface area (Å²) in [5, 5.41) is 3.40. The molecule has 0 spiro atoms. The van der Waals surface area contributed by atoms with Gasteiger partial charge in [0, 0.05) is 45.1 Å². The first-order valence-electron chi connectivity index (χ1n) is 7.97. The SMILES string of the molecule is CN(C)C(=O)CN=C(NCC1CCOC1)N(C)Cc1ccc(Br)s1.I. The van der Waals surface area contributed by atoms with Crippen LogP contribution >= 0.6 is 51.2 Å². The van der Waals surface area contributed by atoms with Crippen LogP contribution in [0.1, 0.15) is 11.3 Å². The quantitative estimate of drug-likeness (QED) is 0.340. The van der Waals surface area contributed by atoms with Gasteiger partial charge in [-0.1, -0.05) is 0 Å². The molecule has 1 aromatic heterocycles. The Bertz CT molecular complexity index is 576. The van der Waals surface area contributed by atoms with Gasteiger partial charge in [0.25, 0.3) is 0 Å². The van der Waals surface area contributed by atoms with Crippen molar-refractivity contribution in [1.29, 1.82) is 0 Å². The summed E-state index contributed by atoms with van der Waals surface area (Å²) in [6.45, 7) is 3.33. The normalized spacial score (nSPS) is 17.1. The van der Waals surface area contributed by atoms with Crippen molar-refractivity contribution in [2.75, 3.05) is 47.4 Å². The van der Waals surface area contributed by atoms with Gasteiger partial charge in [0.05, 0.1) is 16.9 Å². The van der Waals surface area contributed by atoms with E-state index < -0.39 is 0 Å². The average molecular weight is 545 g/mol. The molecule has 1 N–H and O–H groups in total. The van der Waals surface area contributed by atoms with Crippen LogP contribution in [0.5, 0.6) is 0 Å². The fourth-order valence-electron chi connectivity index (χ4n) is 2.32. The first-order valence-corrected chi connectivity index (χ1v) is 9.58. The van der Waals surface area contributed by atoms with Crippen LogP contribution in [-0.4, -0.2) is 69.1 Å². The highest BCUT2D eigenvalue weighted by atomic mass is 127. The zero-order valence-electron chi connectivity index (χ0n) is 14.8. The lowest BCUT2D eigenvalue weighted by atomic mass is 10.1. The van der Waals surface area contributed by atoms with Crippen LogP contribution < -0.4 is 5.32 Å². The van der Waals surface area contributed by atoms with E-state index in [0.29, 0.717) is 5.92 Å². The van der Waals surface area contributed by atoms with E-state index in [9.17, 15) is 4.79 Å². The average Bonchev–Trinajstić information content (AvgIpc) is 3.18. The molecular formula is C16H26BrIN4O2S. The van der Waals surface area contributed by atoms with Gasteiger partial charge in [-0.3, -0.25) is 4.79 Å². The molecule has 1 atom stereocenters. The molecule has 1 aliphatic rings. The Morgan fingerprint density at radius 1 is 1.44 bits per heavy atom. The molecule has 1 aromatic rings. The lowest BCUT2D eigenvalue weighted by molar-refractivity contribution is -0.127. The maximum absolute atomic E-state index is 11.8. The van der Waals surface area contributed by atoms with Gasteiger partial charge in [0.1, 0.15) is 6.54 Å². The summed E-state index contributed by atoms with van der Waals surface area (Å²) in [5.74, 6) is 1.25. The van der Waals surface area contributed by atoms with Crippen LogP contribution in [0.4, 0.5) is 0 Å². The van der Waals surface area contributed by atoms with E-state index in [1.807, 2.05) is 13.1 Å². The van der Waals surface area contributed by atoms with Crippen molar-refractivity contribution in [2.45, 2.75) is 13.0 Å². The molecule has 9 heteroatoms. The van der Waals surface area contributed by atoms with Gasteiger partial charge in [-0.25, -0.2) is 4.99 Å². The Hall–Kier alpha value is -0.390. The predicted molar refractivity (Wildman–Crippen MR) is 117 cm³/mol. The second-order valence-corrected chi connectivity index (χ2v) is 8.65. The molecule has 0 aliphatic carbocycles. The maximum Gasteiger partial charge on any atom is 0.243 e. The highest BCUT2D eigenvalue weighted by Gasteiger charge is 2.17. The maximum atomic E-state index is 11.8. The van der Waals surface area contributed by atoms with Crippen LogP contribution in [0.25, 0.3) is 0 Å². The fourth-order valence-corrected chi connectivity index (χ4v) is 3.86. The number of rotatable bonds is 6. The summed E-state index contributed by atoms with van der Waals surface area (Å²) < 4.78 is 6.53. The van der Waals surface area contributed by atoms with Crippen molar-refractivity contribution < 1.29 is 9.53 Å². The summed E-state index contributed by atoms with van der Waals surface area (Å²) in [4.78, 5) is 21.2. The number of thiophene rings is 1. The Morgan fingerprint density at radius 2 is 2.20 bits per heavy atom. The highest BCUT2D eigenvalue weighted by molar-refractivity contribution is 14.0. The number of likely N-dealkylation sites (N-methyl/N-ethyl adjacent to an activating group) is 1. The summed E-state index contributed by atoms with van der Waals surface area (Å²) in [6, 6.07) is 4.14. The summed E-state index contributed by atoms with van der Waals surface area (Å²) in [7, 11) is 5.48. The minimum atomic E-state index is -0.00855. The van der Waals surface area contributed by atoms with E-state index in [0.717, 1.165) is 42.5 Å². The molecule has 1 saturated heterocycles. The minimum absolute atomic E-state index is 0. The van der Waals surface area contributed by atoms with Crippen LogP contribution in [0.15, 0.2) is 20.9 Å². The Labute approximate surface area is 179 Å². The summed E-state index contributed by atoms with van der Waals surface area (Å²) in [6.07, 6.45) is 1.07. The van der Waals surface area contributed by atoms with Gasteiger partial charge in [0.2, 0.25) is 5.91 Å². The largest absolute Gasteiger partial charge is 0.381 e. The molecule has 2 rings (SSSR count). The van der Waals surface area contributed by atoms with Crippen LogP contribution in [0.3, 0.4) is 0 Å². The van der Waals surface area contributed by atoms with Crippen molar-refractivity contribution in [3.63, 3.8) is 0 Å². The van der Waals surface area contributed by atoms with E-state index in [4.69, 9.17) is 4.74 Å². The number of carbonyl (C=O) groups is 1. The Kier molecular flexibility index (Phi) is 10.3. The minimum Gasteiger partial charge on any atom is -0.381 e. The molecule has 0 bridgehead atoms. The third-order valence-corrected chi connectivity index (χ3v) is 5.43. The highest BCUT2D eigenvalue weighted by Crippen LogP contribution is 2.23. The number of ether oxygens (including phenoxy) is 1. The van der Waals surface area contributed by atoms with Crippen molar-refractivity contribution in [2.24, 2.45) is 10.9 Å². The number of aliphatic imine (C=N–C) groups is 1. The molecule has 0 aromatic carbocycles. The van der Waals surface area contributed by atoms with E-state index >= 15 is 0 Å². The molecule has 25 heavy (non-hydrogen) atoms. The number of nitrogens with one attached hydrogen (secondary N) is 1. The molecule has 142 valence electrons. The first kappa shape index (κ1) is 22.7. The van der Waals surface area contributed by atoms with E-state index in [1.54, 1.807) is 30.3 Å². The number of nitrogens with zero attached hydrogens (tertiary/aromatic N) is 3. The zero-order chi connectivity index (χ0) is 17.5. The third-order valence-electron chi connectivity index (χ3n) is 3.82. The summed E-state index contributed by atoms with van der Waals surface area (Å²) >= 11 is 5.19. The van der Waals surface area contributed by atoms with Gasteiger partial charge in [0.15, 0.2) is 5.96 Å². The van der Waals surface area contributed by atoms with Gasteiger partial charge in [-0.05, 0) is 34.5 Å². The molecule has 2 heterocycles. The fraction of sp³-hybridized carbons (Fsp3) is 0.625. The first-order chi connectivity index (χ1) is 11.5. The lowest BCUT2D eigenvalue weighted by Gasteiger charge is -2.23. The van der Waals surface area contributed by atoms with Gasteiger partial charge >= 0.3 is 0 Å². The van der Waals surface area contributed by atoms with Gasteiger partial charge in [-0.15, -0.1) is 35.3 Å². The second-order valence-electron chi connectivity index (χ2n) is 6.10. The molecule has 1 unspecified atom stereocenters. The molecular weight excluding hydrogens is 519 g/mol. The van der Waals surface area contributed by atoms with E-state index in [1.165, 1.54) is 4.88 Å². The molecule has 0 radical (unpaired) electrons. The van der Waals surface area contributed by atoms with E-state index in [-0.39, 0.29) is 36.4 Å². The molecule has 1 fully saturated rings. The zero-order valence-corrected chi connectivity index (χ0v) is 19.6. The van der Waals surface area contributed by atoms with E-state index in [2.05, 4.69) is 37.2 Å². The molecule has 1 amide bonds. The number of guanidine groups is 1. The van der Waals surface area contributed by atoms with Crippen molar-refractivity contribution >= 4 is 63.1 Å². The van der Waals surface area contributed by atoms with Crippen molar-refractivity contribution in [3.8, 4) is 0 Å². The topological polar surface area (TPSA) is 57.2 Å². The lowest BCUT2D eigenvalue weighted by Crippen LogP contribution is -2.41. The third kappa shape index (κ3) is 7.79. The standard InChI is InChI=1S/C16H25BrN4O2S.HI/c1-20(2)15(22)9-19-16(18-8-12-6-7-23-11-12)21(3)10-13-4-5-14(17)24-13;/h4-5,12H,6-11H2,1-3H3,(H,18,19);1H. The van der Waals surface area contributed by atoms with Crippen LogP contribution in [-0.2, 0) is 16.1 Å². The van der Waals surface area contributed by atoms with Gasteiger partial charge < -0.3 is 19.9 Å². The predicted octanol–water partition coefficient (Wildman–Crippen LogP) is 2.63. The molecule has 6 nitrogen and oxygen atoms in total. The second kappa shape index (κ2) is 11.3. The number of hydrogen-bond donors (Lipinski definition) is 1. The number of carbonyl (C=O) groups excluding carboxylic acids is 1. The van der Waals surface area contributed by atoms with Crippen LogP contribution in [0.2, 0.25) is 0 Å². The van der Waals surface area contributed by atoms with Crippen molar-refractivity contribution in [1.82, 2.24) is 15.1 Å².